The molecule has 0 radical (unpaired) electrons. The van der Waals surface area contributed by atoms with Gasteiger partial charge < -0.3 is 14.2 Å². The van der Waals surface area contributed by atoms with Gasteiger partial charge in [-0.15, -0.1) is 0 Å². The molecule has 0 fully saturated rings. The molecule has 7 nitrogen and oxygen atoms in total. The Kier molecular flexibility index (Phi) is 7.70. The lowest BCUT2D eigenvalue weighted by Crippen LogP contribution is -2.34. The average molecular weight is 418 g/mol. The second-order valence-corrected chi connectivity index (χ2v) is 8.74. The summed E-state index contributed by atoms with van der Waals surface area (Å²) in [5, 5.41) is 2.76. The van der Waals surface area contributed by atoms with Crippen LogP contribution in [0.1, 0.15) is 6.92 Å². The Balaban J connectivity index is 2.00. The minimum atomic E-state index is -0.505. The Morgan fingerprint density at radius 2 is 1.40 bits per heavy atom. The number of anilines is 1. The molecule has 164 valence electrons. The summed E-state index contributed by atoms with van der Waals surface area (Å²) in [4.78, 5) is 11.9. The SMILES string of the molecule is CCOC(=O)Nc1cc([N+](C)(C)C)ccc1OCCOc1ccc([N+](C)(C)C)cc1. The third-order valence-electron chi connectivity index (χ3n) is 4.47. The summed E-state index contributed by atoms with van der Waals surface area (Å²) in [6.45, 7) is 2.81. The van der Waals surface area contributed by atoms with E-state index >= 15 is 0 Å². The Hall–Kier alpha value is -2.77. The zero-order valence-electron chi connectivity index (χ0n) is 19.2. The molecule has 0 spiro atoms. The van der Waals surface area contributed by atoms with Crippen molar-refractivity contribution in [2.24, 2.45) is 0 Å². The van der Waals surface area contributed by atoms with Gasteiger partial charge >= 0.3 is 6.09 Å². The Morgan fingerprint density at radius 3 is 1.97 bits per heavy atom. The van der Waals surface area contributed by atoms with Crippen molar-refractivity contribution in [3.63, 3.8) is 0 Å². The summed E-state index contributed by atoms with van der Waals surface area (Å²) in [6, 6.07) is 13.8. The van der Waals surface area contributed by atoms with Gasteiger partial charge in [0.15, 0.2) is 0 Å². The van der Waals surface area contributed by atoms with Gasteiger partial charge in [-0.25, -0.2) is 4.79 Å². The fourth-order valence-electron chi connectivity index (χ4n) is 2.74. The molecule has 2 aromatic carbocycles. The highest BCUT2D eigenvalue weighted by molar-refractivity contribution is 5.87. The third-order valence-corrected chi connectivity index (χ3v) is 4.47. The maximum atomic E-state index is 11.9. The molecular formula is C23H35N3O4+2. The molecule has 2 aromatic rings. The van der Waals surface area contributed by atoms with Crippen LogP contribution in [0.5, 0.6) is 11.5 Å². The second kappa shape index (κ2) is 9.82. The van der Waals surface area contributed by atoms with Crippen LogP contribution in [0, 0.1) is 0 Å². The van der Waals surface area contributed by atoms with Gasteiger partial charge in [0.1, 0.15) is 36.1 Å². The summed E-state index contributed by atoms with van der Waals surface area (Å²) in [7, 11) is 12.5. The summed E-state index contributed by atoms with van der Waals surface area (Å²) in [5.74, 6) is 1.37. The minimum Gasteiger partial charge on any atom is -0.490 e. The number of hydrogen-bond donors (Lipinski definition) is 1. The van der Waals surface area contributed by atoms with E-state index in [0.29, 0.717) is 35.7 Å². The highest BCUT2D eigenvalue weighted by Crippen LogP contribution is 2.31. The van der Waals surface area contributed by atoms with Crippen molar-refractivity contribution in [3.05, 3.63) is 42.5 Å². The van der Waals surface area contributed by atoms with Crippen LogP contribution in [0.3, 0.4) is 0 Å². The minimum absolute atomic E-state index is 0.303. The first-order valence-corrected chi connectivity index (χ1v) is 10.1. The first-order chi connectivity index (χ1) is 14.0. The highest BCUT2D eigenvalue weighted by atomic mass is 16.5. The number of benzene rings is 2. The molecule has 0 aromatic heterocycles. The van der Waals surface area contributed by atoms with Crippen LogP contribution < -0.4 is 23.8 Å². The number of nitrogens with zero attached hydrogens (tertiary/aromatic N) is 2. The van der Waals surface area contributed by atoms with E-state index in [-0.39, 0.29) is 0 Å². The van der Waals surface area contributed by atoms with Crippen LogP contribution in [-0.4, -0.2) is 68.2 Å². The standard InChI is InChI=1S/C23H34N3O4/c1-8-28-23(27)24-21-17-19(26(5,6)7)11-14-22(21)30-16-15-29-20-12-9-18(10-13-20)25(2,3)4/h9-14,17H,8,15-16H2,1-7H3/q+1/p+1. The van der Waals surface area contributed by atoms with Gasteiger partial charge in [-0.2, -0.15) is 0 Å². The van der Waals surface area contributed by atoms with E-state index in [1.54, 1.807) is 6.92 Å². The van der Waals surface area contributed by atoms with Gasteiger partial charge in [-0.1, -0.05) is 0 Å². The highest BCUT2D eigenvalue weighted by Gasteiger charge is 2.17. The molecule has 0 aliphatic rings. The van der Waals surface area contributed by atoms with Crippen LogP contribution >= 0.6 is 0 Å². The predicted molar refractivity (Wildman–Crippen MR) is 124 cm³/mol. The normalized spacial score (nSPS) is 11.7. The van der Waals surface area contributed by atoms with Gasteiger partial charge in [0, 0.05) is 24.3 Å². The van der Waals surface area contributed by atoms with Crippen LogP contribution in [0.25, 0.3) is 0 Å². The lowest BCUT2D eigenvalue weighted by Gasteiger charge is -2.24. The summed E-state index contributed by atoms with van der Waals surface area (Å²) in [5.41, 5.74) is 2.81. The summed E-state index contributed by atoms with van der Waals surface area (Å²) >= 11 is 0. The maximum absolute atomic E-state index is 11.9. The molecule has 0 saturated carbocycles. The molecule has 7 heteroatoms. The van der Waals surface area contributed by atoms with E-state index < -0.39 is 6.09 Å². The van der Waals surface area contributed by atoms with Gasteiger partial charge in [-0.05, 0) is 25.1 Å². The van der Waals surface area contributed by atoms with Crippen molar-refractivity contribution in [2.75, 3.05) is 67.4 Å². The molecule has 0 unspecified atom stereocenters. The zero-order chi connectivity index (χ0) is 22.4. The third kappa shape index (κ3) is 6.93. The van der Waals surface area contributed by atoms with Crippen molar-refractivity contribution in [1.29, 1.82) is 0 Å². The number of amides is 1. The smallest absolute Gasteiger partial charge is 0.411 e. The molecule has 1 amide bonds. The van der Waals surface area contributed by atoms with Crippen molar-refractivity contribution < 1.29 is 19.0 Å². The first kappa shape index (κ1) is 23.5. The largest absolute Gasteiger partial charge is 0.490 e. The number of carbonyl (C=O) groups excluding carboxylic acids is 1. The molecule has 0 aliphatic carbocycles. The van der Waals surface area contributed by atoms with Crippen LogP contribution in [-0.2, 0) is 4.74 Å². The van der Waals surface area contributed by atoms with Gasteiger partial charge in [0.2, 0.25) is 0 Å². The number of carbonyl (C=O) groups is 1. The fraction of sp³-hybridized carbons (Fsp3) is 0.435. The predicted octanol–water partition coefficient (Wildman–Crippen LogP) is 4.11. The Morgan fingerprint density at radius 1 is 0.833 bits per heavy atom. The lowest BCUT2D eigenvalue weighted by atomic mass is 10.2. The molecule has 0 saturated heterocycles. The second-order valence-electron chi connectivity index (χ2n) is 8.74. The molecule has 0 atom stereocenters. The van der Waals surface area contributed by atoms with Crippen molar-refractivity contribution >= 4 is 23.2 Å². The van der Waals surface area contributed by atoms with Crippen molar-refractivity contribution in [1.82, 2.24) is 8.97 Å². The molecule has 1 N–H and O–H groups in total. The zero-order valence-corrected chi connectivity index (χ0v) is 19.2. The van der Waals surface area contributed by atoms with Gasteiger partial charge in [-0.3, -0.25) is 14.3 Å². The average Bonchev–Trinajstić information content (AvgIpc) is 2.65. The monoisotopic (exact) mass is 417 g/mol. The molecule has 0 heterocycles. The van der Waals surface area contributed by atoms with E-state index in [4.69, 9.17) is 14.2 Å². The lowest BCUT2D eigenvalue weighted by molar-refractivity contribution is 0.167. The molecule has 0 bridgehead atoms. The number of hydrogen-bond acceptors (Lipinski definition) is 4. The van der Waals surface area contributed by atoms with Gasteiger partial charge in [0.05, 0.1) is 54.6 Å². The van der Waals surface area contributed by atoms with E-state index in [2.05, 4.69) is 59.7 Å². The number of rotatable bonds is 9. The van der Waals surface area contributed by atoms with E-state index in [1.165, 1.54) is 5.69 Å². The quantitative estimate of drug-likeness (QED) is 0.493. The first-order valence-electron chi connectivity index (χ1n) is 10.1. The molecule has 0 aliphatic heterocycles. The summed E-state index contributed by atoms with van der Waals surface area (Å²) in [6.07, 6.45) is -0.505. The van der Waals surface area contributed by atoms with Gasteiger partial charge in [0.25, 0.3) is 0 Å². The van der Waals surface area contributed by atoms with E-state index in [9.17, 15) is 4.79 Å². The molecule has 2 rings (SSSR count). The summed E-state index contributed by atoms with van der Waals surface area (Å²) < 4.78 is 18.0. The van der Waals surface area contributed by atoms with E-state index in [0.717, 1.165) is 15.9 Å². The Bertz CT molecular complexity index is 837. The van der Waals surface area contributed by atoms with Crippen molar-refractivity contribution in [2.45, 2.75) is 6.92 Å². The van der Waals surface area contributed by atoms with Crippen LogP contribution in [0.4, 0.5) is 21.9 Å². The van der Waals surface area contributed by atoms with Crippen LogP contribution in [0.15, 0.2) is 42.5 Å². The maximum Gasteiger partial charge on any atom is 0.411 e. The number of quaternary nitrogens is 2. The Labute approximate surface area is 179 Å². The molecular weight excluding hydrogens is 382 g/mol. The number of ether oxygens (including phenoxy) is 3. The topological polar surface area (TPSA) is 56.8 Å². The van der Waals surface area contributed by atoms with E-state index in [1.807, 2.05) is 30.3 Å². The molecule has 30 heavy (non-hydrogen) atoms. The fourth-order valence-corrected chi connectivity index (χ4v) is 2.74. The number of nitrogens with one attached hydrogen (secondary N) is 1. The van der Waals surface area contributed by atoms with Crippen LogP contribution in [0.2, 0.25) is 0 Å². The van der Waals surface area contributed by atoms with Crippen molar-refractivity contribution in [3.8, 4) is 11.5 Å².